The minimum Gasteiger partial charge on any atom is -0.490 e. The second-order valence-corrected chi connectivity index (χ2v) is 6.99. The van der Waals surface area contributed by atoms with E-state index in [2.05, 4.69) is 26.7 Å². The number of benzene rings is 1. The number of rotatable bonds is 5. The summed E-state index contributed by atoms with van der Waals surface area (Å²) in [6.07, 6.45) is 3.56. The van der Waals surface area contributed by atoms with Crippen molar-refractivity contribution in [1.82, 2.24) is 25.0 Å². The van der Waals surface area contributed by atoms with Crippen LogP contribution in [0.1, 0.15) is 40.8 Å². The Morgan fingerprint density at radius 1 is 1.22 bits per heavy atom. The lowest BCUT2D eigenvalue weighted by Gasteiger charge is -2.32. The summed E-state index contributed by atoms with van der Waals surface area (Å²) in [6, 6.07) is 7.32. The number of ether oxygens (including phenoxy) is 1. The Labute approximate surface area is 159 Å². The van der Waals surface area contributed by atoms with Crippen LogP contribution in [0.5, 0.6) is 5.75 Å². The molecule has 1 amide bonds. The summed E-state index contributed by atoms with van der Waals surface area (Å²) in [7, 11) is 0. The van der Waals surface area contributed by atoms with E-state index in [-0.39, 0.29) is 5.91 Å². The Hall–Kier alpha value is -2.67. The largest absolute Gasteiger partial charge is 0.490 e. The van der Waals surface area contributed by atoms with Crippen molar-refractivity contribution in [2.24, 2.45) is 0 Å². The molecule has 2 aliphatic rings. The first-order chi connectivity index (χ1) is 13.3. The van der Waals surface area contributed by atoms with Crippen LogP contribution < -0.4 is 10.1 Å². The van der Waals surface area contributed by atoms with Gasteiger partial charge >= 0.3 is 0 Å². The second kappa shape index (κ2) is 7.92. The molecule has 0 unspecified atom stereocenters. The first-order valence-corrected chi connectivity index (χ1v) is 9.52. The number of nitrogens with zero attached hydrogens (tertiary/aromatic N) is 4. The van der Waals surface area contributed by atoms with Crippen LogP contribution in [0.3, 0.4) is 0 Å². The predicted octanol–water partition coefficient (Wildman–Crippen LogP) is 1.97. The maximum Gasteiger partial charge on any atom is 0.253 e. The van der Waals surface area contributed by atoms with Crippen LogP contribution in [0, 0.1) is 0 Å². The maximum absolute atomic E-state index is 12.8. The standard InChI is InChI=1S/C20H25N5O2/c1-2-13-27-17-5-3-16(4-6-17)20(26)24-10-7-15(8-11-24)19-23-22-18-14-21-9-12-25(18)19/h2-6,15,21H,1,7-14H2. The molecule has 1 aromatic heterocycles. The van der Waals surface area contributed by atoms with Gasteiger partial charge in [0.25, 0.3) is 5.91 Å². The quantitative estimate of drug-likeness (QED) is 0.818. The number of amides is 1. The highest BCUT2D eigenvalue weighted by Crippen LogP contribution is 2.28. The van der Waals surface area contributed by atoms with Gasteiger partial charge in [-0.2, -0.15) is 0 Å². The van der Waals surface area contributed by atoms with Gasteiger partial charge in [-0.1, -0.05) is 12.7 Å². The van der Waals surface area contributed by atoms with Crippen LogP contribution in [0.15, 0.2) is 36.9 Å². The average Bonchev–Trinajstić information content (AvgIpc) is 3.16. The van der Waals surface area contributed by atoms with Gasteiger partial charge in [-0.05, 0) is 37.1 Å². The number of aromatic nitrogens is 3. The van der Waals surface area contributed by atoms with Crippen molar-refractivity contribution in [2.45, 2.75) is 31.8 Å². The van der Waals surface area contributed by atoms with E-state index in [4.69, 9.17) is 4.74 Å². The van der Waals surface area contributed by atoms with Gasteiger partial charge in [0.1, 0.15) is 24.0 Å². The molecule has 1 saturated heterocycles. The average molecular weight is 367 g/mol. The van der Waals surface area contributed by atoms with Crippen molar-refractivity contribution in [3.8, 4) is 5.75 Å². The number of nitrogens with one attached hydrogen (secondary N) is 1. The van der Waals surface area contributed by atoms with Crippen LogP contribution >= 0.6 is 0 Å². The van der Waals surface area contributed by atoms with Crippen LogP contribution in [0.2, 0.25) is 0 Å². The van der Waals surface area contributed by atoms with E-state index in [1.165, 1.54) is 0 Å². The van der Waals surface area contributed by atoms with Gasteiger partial charge in [-0.3, -0.25) is 4.79 Å². The van der Waals surface area contributed by atoms with Gasteiger partial charge in [0.15, 0.2) is 0 Å². The molecular weight excluding hydrogens is 342 g/mol. The predicted molar refractivity (Wildman–Crippen MR) is 102 cm³/mol. The third-order valence-electron chi connectivity index (χ3n) is 5.27. The monoisotopic (exact) mass is 367 g/mol. The van der Waals surface area contributed by atoms with E-state index < -0.39 is 0 Å². The van der Waals surface area contributed by atoms with Crippen molar-refractivity contribution in [3.63, 3.8) is 0 Å². The SMILES string of the molecule is C=CCOc1ccc(C(=O)N2CCC(c3nnc4n3CCNC4)CC2)cc1. The Morgan fingerprint density at radius 3 is 2.74 bits per heavy atom. The summed E-state index contributed by atoms with van der Waals surface area (Å²) < 4.78 is 7.72. The molecule has 0 saturated carbocycles. The molecule has 1 N–H and O–H groups in total. The van der Waals surface area contributed by atoms with Crippen molar-refractivity contribution < 1.29 is 9.53 Å². The molecule has 3 heterocycles. The van der Waals surface area contributed by atoms with Crippen molar-refractivity contribution in [1.29, 1.82) is 0 Å². The maximum atomic E-state index is 12.8. The van der Waals surface area contributed by atoms with Gasteiger partial charge in [0.05, 0.1) is 6.54 Å². The van der Waals surface area contributed by atoms with E-state index in [0.29, 0.717) is 18.1 Å². The third-order valence-corrected chi connectivity index (χ3v) is 5.27. The summed E-state index contributed by atoms with van der Waals surface area (Å²) >= 11 is 0. The van der Waals surface area contributed by atoms with Crippen molar-refractivity contribution in [2.75, 3.05) is 26.2 Å². The topological polar surface area (TPSA) is 72.3 Å². The van der Waals surface area contributed by atoms with E-state index in [0.717, 1.165) is 63.0 Å². The molecule has 27 heavy (non-hydrogen) atoms. The lowest BCUT2D eigenvalue weighted by Crippen LogP contribution is -2.38. The van der Waals surface area contributed by atoms with Gasteiger partial charge < -0.3 is 19.5 Å². The molecule has 4 rings (SSSR count). The van der Waals surface area contributed by atoms with Gasteiger partial charge in [0, 0.05) is 37.7 Å². The highest BCUT2D eigenvalue weighted by molar-refractivity contribution is 5.94. The zero-order chi connectivity index (χ0) is 18.6. The number of likely N-dealkylation sites (tertiary alicyclic amines) is 1. The highest BCUT2D eigenvalue weighted by Gasteiger charge is 2.29. The fourth-order valence-electron chi connectivity index (χ4n) is 3.79. The first kappa shape index (κ1) is 17.7. The fraction of sp³-hybridized carbons (Fsp3) is 0.450. The normalized spacial score (nSPS) is 17.4. The summed E-state index contributed by atoms with van der Waals surface area (Å²) in [5.41, 5.74) is 0.699. The Balaban J connectivity index is 1.36. The highest BCUT2D eigenvalue weighted by atomic mass is 16.5. The van der Waals surface area contributed by atoms with Crippen LogP contribution in [-0.4, -0.2) is 51.8 Å². The number of piperidine rings is 1. The molecule has 7 heteroatoms. The molecule has 0 spiro atoms. The summed E-state index contributed by atoms with van der Waals surface area (Å²) in [5.74, 6) is 3.31. The fourth-order valence-corrected chi connectivity index (χ4v) is 3.79. The van der Waals surface area contributed by atoms with Crippen LogP contribution in [0.25, 0.3) is 0 Å². The third kappa shape index (κ3) is 3.73. The summed E-state index contributed by atoms with van der Waals surface area (Å²) in [6.45, 7) is 8.27. The molecule has 2 aromatic rings. The van der Waals surface area contributed by atoms with Gasteiger partial charge in [-0.15, -0.1) is 10.2 Å². The molecule has 7 nitrogen and oxygen atoms in total. The molecular formula is C20H25N5O2. The second-order valence-electron chi connectivity index (χ2n) is 6.99. The van der Waals surface area contributed by atoms with Crippen LogP contribution in [-0.2, 0) is 13.1 Å². The van der Waals surface area contributed by atoms with Gasteiger partial charge in [0.2, 0.25) is 0 Å². The lowest BCUT2D eigenvalue weighted by atomic mass is 9.95. The Morgan fingerprint density at radius 2 is 2.00 bits per heavy atom. The van der Waals surface area contributed by atoms with Crippen molar-refractivity contribution in [3.05, 3.63) is 54.1 Å². The zero-order valence-corrected chi connectivity index (χ0v) is 15.4. The molecule has 0 atom stereocenters. The van der Waals surface area contributed by atoms with E-state index in [1.54, 1.807) is 6.08 Å². The number of fused-ring (bicyclic) bond motifs is 1. The zero-order valence-electron chi connectivity index (χ0n) is 15.4. The van der Waals surface area contributed by atoms with E-state index >= 15 is 0 Å². The Kier molecular flexibility index (Phi) is 5.20. The van der Waals surface area contributed by atoms with Gasteiger partial charge in [-0.25, -0.2) is 0 Å². The molecule has 142 valence electrons. The van der Waals surface area contributed by atoms with Crippen LogP contribution in [0.4, 0.5) is 0 Å². The molecule has 2 aliphatic heterocycles. The molecule has 0 aliphatic carbocycles. The first-order valence-electron chi connectivity index (χ1n) is 9.52. The Bertz CT molecular complexity index is 806. The molecule has 1 aromatic carbocycles. The molecule has 1 fully saturated rings. The van der Waals surface area contributed by atoms with E-state index in [1.807, 2.05) is 29.2 Å². The lowest BCUT2D eigenvalue weighted by molar-refractivity contribution is 0.0710. The number of carbonyl (C=O) groups is 1. The molecule has 0 bridgehead atoms. The summed E-state index contributed by atoms with van der Waals surface area (Å²) in [5, 5.41) is 12.1. The number of hydrogen-bond acceptors (Lipinski definition) is 5. The van der Waals surface area contributed by atoms with Crippen molar-refractivity contribution >= 4 is 5.91 Å². The number of carbonyl (C=O) groups excluding carboxylic acids is 1. The molecule has 0 radical (unpaired) electrons. The summed E-state index contributed by atoms with van der Waals surface area (Å²) in [4.78, 5) is 14.7. The minimum absolute atomic E-state index is 0.0798. The smallest absolute Gasteiger partial charge is 0.253 e. The van der Waals surface area contributed by atoms with E-state index in [9.17, 15) is 4.79 Å². The minimum atomic E-state index is 0.0798. The number of hydrogen-bond donors (Lipinski definition) is 1.